The number of unbranched alkanes of at least 4 members (excludes halogenated alkanes) is 1. The van der Waals surface area contributed by atoms with Crippen LogP contribution in [0.4, 0.5) is 5.69 Å². The molecule has 0 aromatic heterocycles. The fourth-order valence-corrected chi connectivity index (χ4v) is 6.64. The van der Waals surface area contributed by atoms with Crippen molar-refractivity contribution < 1.29 is 18.0 Å². The Labute approximate surface area is 261 Å². The van der Waals surface area contributed by atoms with E-state index in [2.05, 4.69) is 12.2 Å². The molecule has 0 aliphatic rings. The number of hydrogen-bond donors (Lipinski definition) is 1. The molecule has 0 saturated heterocycles. The van der Waals surface area contributed by atoms with Crippen LogP contribution in [0, 0.1) is 13.8 Å². The first-order chi connectivity index (χ1) is 21.2. The Morgan fingerprint density at radius 3 is 2.09 bits per heavy atom. The number of anilines is 1. The second-order valence-corrected chi connectivity index (χ2v) is 12.8. The Kier molecular flexibility index (Phi) is 11.3. The maximum atomic E-state index is 14.5. The Bertz CT molecular complexity index is 1640. The van der Waals surface area contributed by atoms with Crippen LogP contribution in [0.15, 0.2) is 114 Å². The Morgan fingerprint density at radius 1 is 0.795 bits per heavy atom. The van der Waals surface area contributed by atoms with E-state index in [9.17, 15) is 18.0 Å². The standard InChI is InChI=1S/C36H41N3O4S/c1-4-5-23-37-36(41)34(25-30-17-8-6-9-18-30)38(26-31-19-14-15-28(2)24-31)35(40)27-39(33-22-13-12-16-29(33)3)44(42,43)32-20-10-7-11-21-32/h6-22,24,34H,4-5,23,25-27H2,1-3H3,(H,37,41)/t34-/m1/s1. The summed E-state index contributed by atoms with van der Waals surface area (Å²) in [6.45, 7) is 6.01. The Morgan fingerprint density at radius 2 is 1.43 bits per heavy atom. The molecule has 4 aromatic rings. The van der Waals surface area contributed by atoms with Gasteiger partial charge in [0.15, 0.2) is 0 Å². The van der Waals surface area contributed by atoms with Crippen LogP contribution in [0.3, 0.4) is 0 Å². The number of aryl methyl sites for hydroxylation is 2. The molecule has 1 N–H and O–H groups in total. The molecule has 0 radical (unpaired) electrons. The number of carbonyl (C=O) groups excluding carboxylic acids is 2. The predicted molar refractivity (Wildman–Crippen MR) is 176 cm³/mol. The highest BCUT2D eigenvalue weighted by atomic mass is 32.2. The molecule has 0 bridgehead atoms. The van der Waals surface area contributed by atoms with E-state index in [1.165, 1.54) is 17.0 Å². The maximum Gasteiger partial charge on any atom is 0.264 e. The fourth-order valence-electron chi connectivity index (χ4n) is 5.14. The van der Waals surface area contributed by atoms with Crippen molar-refractivity contribution in [3.63, 3.8) is 0 Å². The van der Waals surface area contributed by atoms with Gasteiger partial charge in [-0.3, -0.25) is 13.9 Å². The van der Waals surface area contributed by atoms with Crippen LogP contribution in [0.2, 0.25) is 0 Å². The largest absolute Gasteiger partial charge is 0.354 e. The van der Waals surface area contributed by atoms with Gasteiger partial charge in [-0.25, -0.2) is 8.42 Å². The van der Waals surface area contributed by atoms with Crippen molar-refractivity contribution in [2.24, 2.45) is 0 Å². The van der Waals surface area contributed by atoms with Crippen LogP contribution in [0.5, 0.6) is 0 Å². The van der Waals surface area contributed by atoms with E-state index >= 15 is 0 Å². The van der Waals surface area contributed by atoms with E-state index in [4.69, 9.17) is 0 Å². The quantitative estimate of drug-likeness (QED) is 0.176. The number of benzene rings is 4. The summed E-state index contributed by atoms with van der Waals surface area (Å²) in [7, 11) is -4.12. The summed E-state index contributed by atoms with van der Waals surface area (Å²) in [4.78, 5) is 29.9. The van der Waals surface area contributed by atoms with Gasteiger partial charge in [0.05, 0.1) is 10.6 Å². The van der Waals surface area contributed by atoms with Crippen molar-refractivity contribution in [2.75, 3.05) is 17.4 Å². The van der Waals surface area contributed by atoms with Gasteiger partial charge in [0.1, 0.15) is 12.6 Å². The molecule has 0 heterocycles. The number of rotatable bonds is 14. The first-order valence-electron chi connectivity index (χ1n) is 15.0. The highest BCUT2D eigenvalue weighted by Crippen LogP contribution is 2.27. The number of sulfonamides is 1. The lowest BCUT2D eigenvalue weighted by Crippen LogP contribution is -2.53. The van der Waals surface area contributed by atoms with Crippen molar-refractivity contribution in [3.05, 3.63) is 131 Å². The third kappa shape index (κ3) is 8.35. The van der Waals surface area contributed by atoms with Gasteiger partial charge in [-0.2, -0.15) is 0 Å². The van der Waals surface area contributed by atoms with Gasteiger partial charge in [0, 0.05) is 19.5 Å². The summed E-state index contributed by atoms with van der Waals surface area (Å²) < 4.78 is 29.3. The molecule has 0 aliphatic heterocycles. The van der Waals surface area contributed by atoms with Gasteiger partial charge in [-0.05, 0) is 55.2 Å². The van der Waals surface area contributed by atoms with Crippen molar-refractivity contribution in [1.29, 1.82) is 0 Å². The molecule has 0 saturated carbocycles. The SMILES string of the molecule is CCCCNC(=O)[C@@H](Cc1ccccc1)N(Cc1cccc(C)c1)C(=O)CN(c1ccccc1C)S(=O)(=O)c1ccccc1. The molecule has 0 aliphatic carbocycles. The molecular formula is C36H41N3O4S. The van der Waals surface area contributed by atoms with Crippen LogP contribution in [-0.4, -0.2) is 44.3 Å². The lowest BCUT2D eigenvalue weighted by atomic mass is 10.0. The minimum atomic E-state index is -4.12. The van der Waals surface area contributed by atoms with Crippen molar-refractivity contribution in [3.8, 4) is 0 Å². The molecule has 7 nitrogen and oxygen atoms in total. The van der Waals surface area contributed by atoms with Gasteiger partial charge < -0.3 is 10.2 Å². The third-order valence-corrected chi connectivity index (χ3v) is 9.30. The van der Waals surface area contributed by atoms with E-state index in [1.54, 1.807) is 30.3 Å². The highest BCUT2D eigenvalue weighted by Gasteiger charge is 2.35. The summed E-state index contributed by atoms with van der Waals surface area (Å²) in [5, 5.41) is 3.02. The first-order valence-corrected chi connectivity index (χ1v) is 16.4. The Balaban J connectivity index is 1.79. The van der Waals surface area contributed by atoms with E-state index in [1.807, 2.05) is 80.6 Å². The molecule has 0 unspecified atom stereocenters. The second kappa shape index (κ2) is 15.3. The third-order valence-electron chi connectivity index (χ3n) is 7.53. The molecule has 0 fully saturated rings. The van der Waals surface area contributed by atoms with Gasteiger partial charge in [0.25, 0.3) is 10.0 Å². The van der Waals surface area contributed by atoms with Gasteiger partial charge >= 0.3 is 0 Å². The number of amides is 2. The first kappa shape index (κ1) is 32.5. The van der Waals surface area contributed by atoms with Gasteiger partial charge in [-0.15, -0.1) is 0 Å². The smallest absolute Gasteiger partial charge is 0.264 e. The lowest BCUT2D eigenvalue weighted by molar-refractivity contribution is -0.140. The zero-order valence-electron chi connectivity index (χ0n) is 25.6. The zero-order chi connectivity index (χ0) is 31.5. The average Bonchev–Trinajstić information content (AvgIpc) is 3.03. The van der Waals surface area contributed by atoms with Crippen LogP contribution >= 0.6 is 0 Å². The summed E-state index contributed by atoms with van der Waals surface area (Å²) >= 11 is 0. The molecule has 44 heavy (non-hydrogen) atoms. The zero-order valence-corrected chi connectivity index (χ0v) is 26.5. The molecule has 0 spiro atoms. The maximum absolute atomic E-state index is 14.5. The molecule has 2 amide bonds. The summed E-state index contributed by atoms with van der Waals surface area (Å²) in [6.07, 6.45) is 2.01. The van der Waals surface area contributed by atoms with Crippen molar-refractivity contribution >= 4 is 27.5 Å². The monoisotopic (exact) mass is 611 g/mol. The topological polar surface area (TPSA) is 86.8 Å². The average molecular weight is 612 g/mol. The van der Waals surface area contributed by atoms with Gasteiger partial charge in [0.2, 0.25) is 11.8 Å². The minimum Gasteiger partial charge on any atom is -0.354 e. The van der Waals surface area contributed by atoms with Crippen LogP contribution < -0.4 is 9.62 Å². The fraction of sp³-hybridized carbons (Fsp3) is 0.278. The van der Waals surface area contributed by atoms with E-state index in [0.717, 1.165) is 33.8 Å². The molecule has 4 aromatic carbocycles. The molecule has 230 valence electrons. The predicted octanol–water partition coefficient (Wildman–Crippen LogP) is 6.06. The number of nitrogens with zero attached hydrogens (tertiary/aromatic N) is 2. The van der Waals surface area contributed by atoms with Crippen molar-refractivity contribution in [1.82, 2.24) is 10.2 Å². The molecule has 4 rings (SSSR count). The summed E-state index contributed by atoms with van der Waals surface area (Å²) in [6, 6.07) is 31.7. The normalized spacial score (nSPS) is 11.9. The summed E-state index contributed by atoms with van der Waals surface area (Å²) in [5.74, 6) is -0.738. The Hall–Kier alpha value is -4.43. The van der Waals surface area contributed by atoms with E-state index in [-0.39, 0.29) is 23.8 Å². The summed E-state index contributed by atoms with van der Waals surface area (Å²) in [5.41, 5.74) is 3.90. The number of nitrogens with one attached hydrogen (secondary N) is 1. The molecule has 1 atom stereocenters. The second-order valence-electron chi connectivity index (χ2n) is 11.0. The van der Waals surface area contributed by atoms with Crippen LogP contribution in [0.1, 0.15) is 42.0 Å². The highest BCUT2D eigenvalue weighted by molar-refractivity contribution is 7.92. The van der Waals surface area contributed by atoms with Crippen molar-refractivity contribution in [2.45, 2.75) is 57.5 Å². The minimum absolute atomic E-state index is 0.0828. The van der Waals surface area contributed by atoms with E-state index in [0.29, 0.717) is 17.8 Å². The number of hydrogen-bond acceptors (Lipinski definition) is 4. The van der Waals surface area contributed by atoms with E-state index < -0.39 is 28.5 Å². The molecular weight excluding hydrogens is 570 g/mol. The lowest BCUT2D eigenvalue weighted by Gasteiger charge is -2.34. The van der Waals surface area contributed by atoms with Crippen LogP contribution in [0.25, 0.3) is 0 Å². The number of carbonyl (C=O) groups is 2. The van der Waals surface area contributed by atoms with Crippen LogP contribution in [-0.2, 0) is 32.6 Å². The van der Waals surface area contributed by atoms with Gasteiger partial charge in [-0.1, -0.05) is 110 Å². The molecule has 8 heteroatoms. The number of para-hydroxylation sites is 1.